The van der Waals surface area contributed by atoms with Gasteiger partial charge in [0, 0.05) is 0 Å². The summed E-state index contributed by atoms with van der Waals surface area (Å²) in [6, 6.07) is 14.8. The first-order valence-electron chi connectivity index (χ1n) is 9.09. The molecule has 3 heteroatoms. The Morgan fingerprint density at radius 2 is 1.62 bits per heavy atom. The molecular weight excluding hydrogens is 323 g/mol. The van der Waals surface area contributed by atoms with Gasteiger partial charge in [0.25, 0.3) is 0 Å². The second kappa shape index (κ2) is 9.81. The molecular formula is C23H29FN2. The van der Waals surface area contributed by atoms with Gasteiger partial charge in [-0.15, -0.1) is 0 Å². The van der Waals surface area contributed by atoms with E-state index in [1.165, 1.54) is 28.8 Å². The Hall–Kier alpha value is -2.55. The number of hydrogen-bond donors (Lipinski definition) is 1. The van der Waals surface area contributed by atoms with Gasteiger partial charge in [0.05, 0.1) is 17.9 Å². The standard InChI is InChI=1S/C23H29FN2/c1-18(2)6-5-7-19(3)16-17-26(23-14-10-21(24)11-15-23)25-22-12-8-20(4)9-13-22/h6,8-16,25H,5,7,17H2,1-4H3/b19-16+. The summed E-state index contributed by atoms with van der Waals surface area (Å²) in [4.78, 5) is 0. The minimum atomic E-state index is -0.225. The summed E-state index contributed by atoms with van der Waals surface area (Å²) >= 11 is 0. The SMILES string of the molecule is CC(C)=CCC/C(C)=C/CN(Nc1ccc(C)cc1)c1ccc(F)cc1. The van der Waals surface area contributed by atoms with Crippen LogP contribution in [0.15, 0.2) is 71.8 Å². The molecule has 0 heterocycles. The molecule has 0 saturated heterocycles. The molecule has 138 valence electrons. The van der Waals surface area contributed by atoms with E-state index in [0.717, 1.165) is 24.2 Å². The summed E-state index contributed by atoms with van der Waals surface area (Å²) in [7, 11) is 0. The van der Waals surface area contributed by atoms with Crippen molar-refractivity contribution in [2.24, 2.45) is 0 Å². The molecule has 0 unspecified atom stereocenters. The van der Waals surface area contributed by atoms with Crippen LogP contribution in [0, 0.1) is 12.7 Å². The fourth-order valence-corrected chi connectivity index (χ4v) is 2.56. The number of hydrogen-bond acceptors (Lipinski definition) is 2. The predicted molar refractivity (Wildman–Crippen MR) is 111 cm³/mol. The molecule has 2 aromatic carbocycles. The molecule has 0 bridgehead atoms. The van der Waals surface area contributed by atoms with Gasteiger partial charge in [-0.05, 0) is 76.9 Å². The van der Waals surface area contributed by atoms with Crippen LogP contribution in [0.2, 0.25) is 0 Å². The van der Waals surface area contributed by atoms with Crippen molar-refractivity contribution in [2.45, 2.75) is 40.5 Å². The Bertz CT molecular complexity index is 739. The lowest BCUT2D eigenvalue weighted by molar-refractivity contribution is 0.627. The van der Waals surface area contributed by atoms with Crippen molar-refractivity contribution in [3.63, 3.8) is 0 Å². The highest BCUT2D eigenvalue weighted by atomic mass is 19.1. The molecule has 0 aliphatic heterocycles. The first-order chi connectivity index (χ1) is 12.4. The maximum atomic E-state index is 13.3. The van der Waals surface area contributed by atoms with Gasteiger partial charge in [0.1, 0.15) is 5.82 Å². The minimum absolute atomic E-state index is 0.225. The number of anilines is 2. The normalized spacial score (nSPS) is 11.2. The molecule has 2 aromatic rings. The van der Waals surface area contributed by atoms with E-state index in [-0.39, 0.29) is 5.82 Å². The average Bonchev–Trinajstić information content (AvgIpc) is 2.61. The Labute approximate surface area is 157 Å². The number of rotatable bonds is 8. The number of benzene rings is 2. The summed E-state index contributed by atoms with van der Waals surface area (Å²) in [5.74, 6) is -0.225. The molecule has 0 saturated carbocycles. The summed E-state index contributed by atoms with van der Waals surface area (Å²) in [6.07, 6.45) is 6.60. The number of allylic oxidation sites excluding steroid dienone is 3. The van der Waals surface area contributed by atoms with Gasteiger partial charge in [0.15, 0.2) is 0 Å². The van der Waals surface area contributed by atoms with Crippen LogP contribution in [-0.2, 0) is 0 Å². The second-order valence-electron chi connectivity index (χ2n) is 6.94. The quantitative estimate of drug-likeness (QED) is 0.422. The van der Waals surface area contributed by atoms with E-state index in [9.17, 15) is 4.39 Å². The van der Waals surface area contributed by atoms with Crippen LogP contribution in [-0.4, -0.2) is 6.54 Å². The van der Waals surface area contributed by atoms with Gasteiger partial charge in [0.2, 0.25) is 0 Å². The van der Waals surface area contributed by atoms with Crippen molar-refractivity contribution in [2.75, 3.05) is 17.0 Å². The molecule has 0 radical (unpaired) electrons. The molecule has 0 aliphatic carbocycles. The van der Waals surface area contributed by atoms with Crippen LogP contribution in [0.5, 0.6) is 0 Å². The van der Waals surface area contributed by atoms with Crippen LogP contribution in [0.25, 0.3) is 0 Å². The van der Waals surface area contributed by atoms with Crippen molar-refractivity contribution in [1.82, 2.24) is 0 Å². The third-order valence-electron chi connectivity index (χ3n) is 4.17. The number of aryl methyl sites for hydroxylation is 1. The highest BCUT2D eigenvalue weighted by Crippen LogP contribution is 2.18. The van der Waals surface area contributed by atoms with Crippen molar-refractivity contribution in [1.29, 1.82) is 0 Å². The molecule has 26 heavy (non-hydrogen) atoms. The van der Waals surface area contributed by atoms with Gasteiger partial charge < -0.3 is 0 Å². The largest absolute Gasteiger partial charge is 0.298 e. The van der Waals surface area contributed by atoms with Crippen LogP contribution < -0.4 is 10.4 Å². The van der Waals surface area contributed by atoms with Crippen molar-refractivity contribution >= 4 is 11.4 Å². The number of nitrogens with one attached hydrogen (secondary N) is 1. The summed E-state index contributed by atoms with van der Waals surface area (Å²) in [5, 5.41) is 2.04. The smallest absolute Gasteiger partial charge is 0.123 e. The zero-order chi connectivity index (χ0) is 18.9. The topological polar surface area (TPSA) is 15.3 Å². The third-order valence-corrected chi connectivity index (χ3v) is 4.17. The lowest BCUT2D eigenvalue weighted by Gasteiger charge is -2.26. The molecule has 1 N–H and O–H groups in total. The highest BCUT2D eigenvalue weighted by molar-refractivity contribution is 5.56. The lowest BCUT2D eigenvalue weighted by Crippen LogP contribution is -2.30. The zero-order valence-electron chi connectivity index (χ0n) is 16.2. The highest BCUT2D eigenvalue weighted by Gasteiger charge is 2.06. The second-order valence-corrected chi connectivity index (χ2v) is 6.94. The van der Waals surface area contributed by atoms with E-state index in [1.807, 2.05) is 5.01 Å². The molecule has 0 fully saturated rings. The fraction of sp³-hybridized carbons (Fsp3) is 0.304. The number of hydrazine groups is 1. The van der Waals surface area contributed by atoms with Gasteiger partial charge in [-0.2, -0.15) is 0 Å². The van der Waals surface area contributed by atoms with Gasteiger partial charge in [-0.3, -0.25) is 10.4 Å². The summed E-state index contributed by atoms with van der Waals surface area (Å²) in [5.41, 5.74) is 9.29. The predicted octanol–water partition coefficient (Wildman–Crippen LogP) is 6.66. The van der Waals surface area contributed by atoms with E-state index >= 15 is 0 Å². The Balaban J connectivity index is 2.10. The lowest BCUT2D eigenvalue weighted by atomic mass is 10.1. The van der Waals surface area contributed by atoms with E-state index in [0.29, 0.717) is 6.54 Å². The molecule has 2 nitrogen and oxygen atoms in total. The van der Waals surface area contributed by atoms with Crippen molar-refractivity contribution in [3.05, 3.63) is 83.2 Å². The maximum Gasteiger partial charge on any atom is 0.123 e. The minimum Gasteiger partial charge on any atom is -0.298 e. The van der Waals surface area contributed by atoms with Gasteiger partial charge >= 0.3 is 0 Å². The van der Waals surface area contributed by atoms with Gasteiger partial charge in [-0.25, -0.2) is 4.39 Å². The summed E-state index contributed by atoms with van der Waals surface area (Å²) < 4.78 is 13.3. The van der Waals surface area contributed by atoms with Crippen LogP contribution >= 0.6 is 0 Å². The number of halogens is 1. The molecule has 0 aromatic heterocycles. The fourth-order valence-electron chi connectivity index (χ4n) is 2.56. The zero-order valence-corrected chi connectivity index (χ0v) is 16.2. The maximum absolute atomic E-state index is 13.3. The van der Waals surface area contributed by atoms with Crippen LogP contribution in [0.1, 0.15) is 39.2 Å². The first-order valence-corrected chi connectivity index (χ1v) is 9.09. The molecule has 0 aliphatic rings. The number of nitrogens with zero attached hydrogens (tertiary/aromatic N) is 1. The van der Waals surface area contributed by atoms with E-state index in [2.05, 4.69) is 69.5 Å². The van der Waals surface area contributed by atoms with Crippen LogP contribution in [0.3, 0.4) is 0 Å². The molecule has 2 rings (SSSR count). The Morgan fingerprint density at radius 3 is 2.23 bits per heavy atom. The Kier molecular flexibility index (Phi) is 7.46. The first kappa shape index (κ1) is 19.8. The monoisotopic (exact) mass is 352 g/mol. The molecule has 0 spiro atoms. The third kappa shape index (κ3) is 6.75. The molecule has 0 atom stereocenters. The summed E-state index contributed by atoms with van der Waals surface area (Å²) in [6.45, 7) is 9.19. The van der Waals surface area contributed by atoms with E-state index < -0.39 is 0 Å². The Morgan fingerprint density at radius 1 is 0.962 bits per heavy atom. The van der Waals surface area contributed by atoms with Crippen molar-refractivity contribution in [3.8, 4) is 0 Å². The van der Waals surface area contributed by atoms with E-state index in [1.54, 1.807) is 12.1 Å². The molecule has 0 amide bonds. The van der Waals surface area contributed by atoms with Crippen molar-refractivity contribution < 1.29 is 4.39 Å². The van der Waals surface area contributed by atoms with Gasteiger partial charge in [-0.1, -0.05) is 41.0 Å². The average molecular weight is 352 g/mol. The van der Waals surface area contributed by atoms with Crippen LogP contribution in [0.4, 0.5) is 15.8 Å². The van der Waals surface area contributed by atoms with E-state index in [4.69, 9.17) is 0 Å².